The summed E-state index contributed by atoms with van der Waals surface area (Å²) in [4.78, 5) is 29.6. The van der Waals surface area contributed by atoms with Crippen LogP contribution in [0, 0.1) is 0 Å². The molecule has 0 aliphatic rings. The number of unbranched alkanes of at least 4 members (excludes halogenated alkanes) is 1. The van der Waals surface area contributed by atoms with Gasteiger partial charge >= 0.3 is 0 Å². The van der Waals surface area contributed by atoms with Crippen LogP contribution in [-0.2, 0) is 4.79 Å². The molecule has 3 rings (SSSR count). The summed E-state index contributed by atoms with van der Waals surface area (Å²) in [5.74, 6) is 0.847. The lowest BCUT2D eigenvalue weighted by Crippen LogP contribution is -2.29. The molecule has 3 aromatic rings. The zero-order valence-electron chi connectivity index (χ0n) is 16.5. The minimum Gasteiger partial charge on any atom is -0.354 e. The maximum Gasteiger partial charge on any atom is 0.266 e. The summed E-state index contributed by atoms with van der Waals surface area (Å²) in [5, 5.41) is 4.74. The molecule has 0 spiro atoms. The zero-order chi connectivity index (χ0) is 20.8. The van der Waals surface area contributed by atoms with Crippen LogP contribution in [-0.4, -0.2) is 27.3 Å². The molecule has 1 aromatic heterocycles. The van der Waals surface area contributed by atoms with E-state index in [1.54, 1.807) is 22.8 Å². The van der Waals surface area contributed by atoms with E-state index >= 15 is 0 Å². The van der Waals surface area contributed by atoms with Crippen LogP contribution >= 0.6 is 23.4 Å². The van der Waals surface area contributed by atoms with Gasteiger partial charge in [0.15, 0.2) is 5.16 Å². The predicted molar refractivity (Wildman–Crippen MR) is 120 cm³/mol. The minimum atomic E-state index is -0.100. The molecular weight excluding hydrogens is 406 g/mol. The Bertz CT molecular complexity index is 1050. The summed E-state index contributed by atoms with van der Waals surface area (Å²) in [7, 11) is 0. The third kappa shape index (κ3) is 5.61. The van der Waals surface area contributed by atoms with Crippen molar-refractivity contribution in [3.63, 3.8) is 0 Å². The molecule has 0 bridgehead atoms. The standard InChI is InChI=1S/C22H24ClN3O2S/c1-15(2)24-20(27)9-5-6-14-29-22-25-19-8-4-3-7-18(19)21(28)26(22)17-12-10-16(23)11-13-17/h3-4,7-8,10-13,15H,5-6,9,14H2,1-2H3,(H,24,27). The number of hydrogen-bond donors (Lipinski definition) is 1. The van der Waals surface area contributed by atoms with Gasteiger partial charge in [-0.2, -0.15) is 0 Å². The Morgan fingerprint density at radius 2 is 1.86 bits per heavy atom. The first-order valence-electron chi connectivity index (χ1n) is 9.65. The van der Waals surface area contributed by atoms with Gasteiger partial charge in [-0.25, -0.2) is 4.98 Å². The van der Waals surface area contributed by atoms with Gasteiger partial charge in [0.05, 0.1) is 16.6 Å². The SMILES string of the molecule is CC(C)NC(=O)CCCCSc1nc2ccccc2c(=O)n1-c1ccc(Cl)cc1. The Morgan fingerprint density at radius 3 is 2.59 bits per heavy atom. The van der Waals surface area contributed by atoms with Crippen molar-refractivity contribution in [2.45, 2.75) is 44.3 Å². The maximum absolute atomic E-state index is 13.1. The number of carbonyl (C=O) groups is 1. The van der Waals surface area contributed by atoms with Crippen molar-refractivity contribution in [2.75, 3.05) is 5.75 Å². The molecule has 29 heavy (non-hydrogen) atoms. The minimum absolute atomic E-state index is 0.0758. The lowest BCUT2D eigenvalue weighted by molar-refractivity contribution is -0.121. The number of amides is 1. The highest BCUT2D eigenvalue weighted by Crippen LogP contribution is 2.23. The van der Waals surface area contributed by atoms with Crippen LogP contribution in [0.3, 0.4) is 0 Å². The summed E-state index contributed by atoms with van der Waals surface area (Å²) in [6, 6.07) is 14.7. The molecule has 0 unspecified atom stereocenters. The Kier molecular flexibility index (Phi) is 7.34. The van der Waals surface area contributed by atoms with Gasteiger partial charge in [0.2, 0.25) is 5.91 Å². The van der Waals surface area contributed by atoms with E-state index in [0.29, 0.717) is 27.5 Å². The molecule has 0 atom stereocenters. The van der Waals surface area contributed by atoms with Gasteiger partial charge in [-0.15, -0.1) is 0 Å². The smallest absolute Gasteiger partial charge is 0.266 e. The molecule has 0 saturated carbocycles. The van der Waals surface area contributed by atoms with Crippen molar-refractivity contribution in [1.82, 2.24) is 14.9 Å². The Balaban J connectivity index is 1.79. The van der Waals surface area contributed by atoms with Gasteiger partial charge in [0, 0.05) is 23.2 Å². The van der Waals surface area contributed by atoms with Crippen LogP contribution in [0.2, 0.25) is 5.02 Å². The number of para-hydroxylation sites is 1. The van der Waals surface area contributed by atoms with Crippen molar-refractivity contribution >= 4 is 40.2 Å². The predicted octanol–water partition coefficient (Wildman–Crippen LogP) is 4.83. The quantitative estimate of drug-likeness (QED) is 0.316. The van der Waals surface area contributed by atoms with E-state index in [1.165, 1.54) is 11.8 Å². The molecule has 7 heteroatoms. The summed E-state index contributed by atoms with van der Waals surface area (Å²) in [5.41, 5.74) is 1.31. The van der Waals surface area contributed by atoms with Gasteiger partial charge in [0.25, 0.3) is 5.56 Å². The average Bonchev–Trinajstić information content (AvgIpc) is 2.68. The van der Waals surface area contributed by atoms with Crippen LogP contribution in [0.25, 0.3) is 16.6 Å². The van der Waals surface area contributed by atoms with Crippen molar-refractivity contribution < 1.29 is 4.79 Å². The third-order valence-electron chi connectivity index (χ3n) is 4.31. The Morgan fingerprint density at radius 1 is 1.14 bits per heavy atom. The lowest BCUT2D eigenvalue weighted by Gasteiger charge is -2.13. The average molecular weight is 430 g/mol. The fraction of sp³-hybridized carbons (Fsp3) is 0.318. The van der Waals surface area contributed by atoms with Crippen LogP contribution in [0.5, 0.6) is 0 Å². The van der Waals surface area contributed by atoms with Crippen molar-refractivity contribution in [1.29, 1.82) is 0 Å². The molecule has 0 radical (unpaired) electrons. The number of fused-ring (bicyclic) bond motifs is 1. The van der Waals surface area contributed by atoms with Gasteiger partial charge < -0.3 is 5.32 Å². The van der Waals surface area contributed by atoms with E-state index in [4.69, 9.17) is 16.6 Å². The van der Waals surface area contributed by atoms with Gasteiger partial charge in [0.1, 0.15) is 0 Å². The van der Waals surface area contributed by atoms with Crippen molar-refractivity contribution in [3.8, 4) is 5.69 Å². The second kappa shape index (κ2) is 9.94. The molecule has 5 nitrogen and oxygen atoms in total. The number of rotatable bonds is 8. The van der Waals surface area contributed by atoms with E-state index in [9.17, 15) is 9.59 Å². The molecule has 1 amide bonds. The number of aromatic nitrogens is 2. The summed E-state index contributed by atoms with van der Waals surface area (Å²) < 4.78 is 1.63. The first kappa shape index (κ1) is 21.4. The van der Waals surface area contributed by atoms with Crippen molar-refractivity contribution in [3.05, 3.63) is 63.9 Å². The van der Waals surface area contributed by atoms with Crippen molar-refractivity contribution in [2.24, 2.45) is 0 Å². The van der Waals surface area contributed by atoms with E-state index in [0.717, 1.165) is 24.3 Å². The third-order valence-corrected chi connectivity index (χ3v) is 5.59. The number of carbonyl (C=O) groups excluding carboxylic acids is 1. The van der Waals surface area contributed by atoms with Crippen LogP contribution < -0.4 is 10.9 Å². The van der Waals surface area contributed by atoms with Crippen LogP contribution in [0.15, 0.2) is 58.5 Å². The number of nitrogens with zero attached hydrogens (tertiary/aromatic N) is 2. The fourth-order valence-electron chi connectivity index (χ4n) is 2.97. The molecule has 0 saturated heterocycles. The van der Waals surface area contributed by atoms with Gasteiger partial charge in [-0.1, -0.05) is 35.5 Å². The summed E-state index contributed by atoms with van der Waals surface area (Å²) in [6.07, 6.45) is 2.16. The van der Waals surface area contributed by atoms with E-state index in [-0.39, 0.29) is 17.5 Å². The second-order valence-corrected chi connectivity index (χ2v) is 8.55. The summed E-state index contributed by atoms with van der Waals surface area (Å²) >= 11 is 7.54. The van der Waals surface area contributed by atoms with E-state index in [1.807, 2.05) is 44.2 Å². The highest BCUT2D eigenvalue weighted by molar-refractivity contribution is 7.99. The van der Waals surface area contributed by atoms with Gasteiger partial charge in [-0.05, 0) is 63.1 Å². The van der Waals surface area contributed by atoms with E-state index < -0.39 is 0 Å². The number of hydrogen-bond acceptors (Lipinski definition) is 4. The number of thioether (sulfide) groups is 1. The fourth-order valence-corrected chi connectivity index (χ4v) is 4.11. The number of halogens is 1. The highest BCUT2D eigenvalue weighted by atomic mass is 35.5. The first-order valence-corrected chi connectivity index (χ1v) is 11.0. The maximum atomic E-state index is 13.1. The lowest BCUT2D eigenvalue weighted by atomic mass is 10.2. The molecular formula is C22H24ClN3O2S. The molecule has 152 valence electrons. The highest BCUT2D eigenvalue weighted by Gasteiger charge is 2.13. The molecule has 0 fully saturated rings. The first-order chi connectivity index (χ1) is 14.0. The van der Waals surface area contributed by atoms with Crippen LogP contribution in [0.4, 0.5) is 0 Å². The zero-order valence-corrected chi connectivity index (χ0v) is 18.1. The molecule has 0 aliphatic heterocycles. The topological polar surface area (TPSA) is 64.0 Å². The molecule has 0 aliphatic carbocycles. The summed E-state index contributed by atoms with van der Waals surface area (Å²) in [6.45, 7) is 3.91. The monoisotopic (exact) mass is 429 g/mol. The van der Waals surface area contributed by atoms with Gasteiger partial charge in [-0.3, -0.25) is 14.2 Å². The molecule has 1 N–H and O–H groups in total. The Hall–Kier alpha value is -2.31. The molecule has 2 aromatic carbocycles. The Labute approximate surface area is 179 Å². The largest absolute Gasteiger partial charge is 0.354 e. The second-order valence-electron chi connectivity index (χ2n) is 7.06. The van der Waals surface area contributed by atoms with Crippen LogP contribution in [0.1, 0.15) is 33.1 Å². The van der Waals surface area contributed by atoms with E-state index in [2.05, 4.69) is 5.32 Å². The number of nitrogens with one attached hydrogen (secondary N) is 1. The number of benzene rings is 2. The normalized spacial score (nSPS) is 11.2. The molecule has 1 heterocycles.